The lowest BCUT2D eigenvalue weighted by Crippen LogP contribution is -2.00. The lowest BCUT2D eigenvalue weighted by molar-refractivity contribution is 0.293. The molecule has 0 radical (unpaired) electrons. The number of hydrogen-bond donors (Lipinski definition) is 0. The Kier molecular flexibility index (Phi) is 3.60. The van der Waals surface area contributed by atoms with Crippen molar-refractivity contribution in [2.24, 2.45) is 0 Å². The van der Waals surface area contributed by atoms with Gasteiger partial charge in [-0.3, -0.25) is 0 Å². The minimum absolute atomic E-state index is 0.459. The molecular weight excluding hydrogens is 214 g/mol. The van der Waals surface area contributed by atoms with Crippen molar-refractivity contribution in [2.45, 2.75) is 13.5 Å². The van der Waals surface area contributed by atoms with Gasteiger partial charge in [-0.15, -0.1) is 0 Å². The van der Waals surface area contributed by atoms with Crippen LogP contribution >= 0.6 is 0 Å². The molecule has 0 bridgehead atoms. The van der Waals surface area contributed by atoms with Crippen LogP contribution < -0.4 is 9.47 Å². The molecule has 0 saturated carbocycles. The average Bonchev–Trinajstić information content (AvgIpc) is 2.37. The Bertz CT molecular complexity index is 497. The molecule has 3 heteroatoms. The highest BCUT2D eigenvalue weighted by Crippen LogP contribution is 2.18. The van der Waals surface area contributed by atoms with E-state index in [1.54, 1.807) is 13.3 Å². The Balaban J connectivity index is 2.07. The standard InChI is InChI=1S/C14H15NO2/c1-11-5-3-7-13(9-11)17-10-12-6-4-8-15-14(12)16-2/h3-9H,10H2,1-2H3. The highest BCUT2D eigenvalue weighted by atomic mass is 16.5. The normalized spacial score (nSPS) is 10.0. The second-order valence-corrected chi connectivity index (χ2v) is 3.78. The molecule has 0 aliphatic carbocycles. The van der Waals surface area contributed by atoms with Crippen molar-refractivity contribution >= 4 is 0 Å². The first kappa shape index (κ1) is 11.5. The number of aromatic nitrogens is 1. The Morgan fingerprint density at radius 2 is 2.06 bits per heavy atom. The lowest BCUT2D eigenvalue weighted by atomic mass is 10.2. The number of nitrogens with zero attached hydrogens (tertiary/aromatic N) is 1. The fourth-order valence-corrected chi connectivity index (χ4v) is 1.58. The van der Waals surface area contributed by atoms with Gasteiger partial charge in [0.15, 0.2) is 0 Å². The average molecular weight is 229 g/mol. The first-order valence-electron chi connectivity index (χ1n) is 5.47. The summed E-state index contributed by atoms with van der Waals surface area (Å²) < 4.78 is 10.9. The van der Waals surface area contributed by atoms with Crippen LogP contribution in [0, 0.1) is 6.92 Å². The Hall–Kier alpha value is -2.03. The molecule has 0 aliphatic heterocycles. The van der Waals surface area contributed by atoms with Gasteiger partial charge in [0.2, 0.25) is 5.88 Å². The molecule has 0 spiro atoms. The summed E-state index contributed by atoms with van der Waals surface area (Å²) >= 11 is 0. The van der Waals surface area contributed by atoms with E-state index in [0.29, 0.717) is 12.5 Å². The summed E-state index contributed by atoms with van der Waals surface area (Å²) in [6.45, 7) is 2.50. The maximum atomic E-state index is 5.70. The summed E-state index contributed by atoms with van der Waals surface area (Å²) in [5.74, 6) is 1.47. The molecule has 1 aromatic carbocycles. The van der Waals surface area contributed by atoms with Gasteiger partial charge in [-0.05, 0) is 36.8 Å². The van der Waals surface area contributed by atoms with Crippen LogP contribution in [0.25, 0.3) is 0 Å². The molecule has 2 rings (SSSR count). The third-order valence-corrected chi connectivity index (χ3v) is 2.43. The molecule has 0 unspecified atom stereocenters. The quantitative estimate of drug-likeness (QED) is 0.807. The van der Waals surface area contributed by atoms with Crippen molar-refractivity contribution in [1.29, 1.82) is 0 Å². The van der Waals surface area contributed by atoms with E-state index < -0.39 is 0 Å². The van der Waals surface area contributed by atoms with Crippen LogP contribution in [0.2, 0.25) is 0 Å². The van der Waals surface area contributed by atoms with Gasteiger partial charge < -0.3 is 9.47 Å². The van der Waals surface area contributed by atoms with E-state index in [1.807, 2.05) is 43.3 Å². The predicted molar refractivity (Wildman–Crippen MR) is 66.3 cm³/mol. The molecule has 0 saturated heterocycles. The van der Waals surface area contributed by atoms with E-state index in [-0.39, 0.29) is 0 Å². The second kappa shape index (κ2) is 5.34. The molecule has 0 amide bonds. The summed E-state index contributed by atoms with van der Waals surface area (Å²) in [6.07, 6.45) is 1.70. The molecule has 17 heavy (non-hydrogen) atoms. The predicted octanol–water partition coefficient (Wildman–Crippen LogP) is 2.98. The zero-order valence-electron chi connectivity index (χ0n) is 10.0. The Labute approximate surface area is 101 Å². The topological polar surface area (TPSA) is 31.4 Å². The van der Waals surface area contributed by atoms with E-state index in [9.17, 15) is 0 Å². The van der Waals surface area contributed by atoms with Crippen molar-refractivity contribution in [3.63, 3.8) is 0 Å². The summed E-state index contributed by atoms with van der Waals surface area (Å²) in [4.78, 5) is 4.12. The van der Waals surface area contributed by atoms with E-state index in [4.69, 9.17) is 9.47 Å². The molecule has 0 fully saturated rings. The van der Waals surface area contributed by atoms with Gasteiger partial charge in [0.1, 0.15) is 12.4 Å². The molecule has 2 aromatic rings. The van der Waals surface area contributed by atoms with E-state index in [2.05, 4.69) is 4.98 Å². The molecule has 3 nitrogen and oxygen atoms in total. The number of hydrogen-bond acceptors (Lipinski definition) is 3. The third kappa shape index (κ3) is 2.97. The van der Waals surface area contributed by atoms with Crippen molar-refractivity contribution < 1.29 is 9.47 Å². The Morgan fingerprint density at radius 1 is 1.18 bits per heavy atom. The Morgan fingerprint density at radius 3 is 2.82 bits per heavy atom. The molecule has 0 atom stereocenters. The van der Waals surface area contributed by atoms with Gasteiger partial charge in [-0.25, -0.2) is 4.98 Å². The highest BCUT2D eigenvalue weighted by molar-refractivity contribution is 5.29. The van der Waals surface area contributed by atoms with E-state index in [0.717, 1.165) is 11.3 Å². The third-order valence-electron chi connectivity index (χ3n) is 2.43. The molecular formula is C14H15NO2. The first-order chi connectivity index (χ1) is 8.29. The van der Waals surface area contributed by atoms with Crippen molar-refractivity contribution in [3.05, 3.63) is 53.7 Å². The second-order valence-electron chi connectivity index (χ2n) is 3.78. The van der Waals surface area contributed by atoms with E-state index in [1.165, 1.54) is 5.56 Å². The molecule has 0 N–H and O–H groups in total. The van der Waals surface area contributed by atoms with Gasteiger partial charge in [-0.1, -0.05) is 12.1 Å². The van der Waals surface area contributed by atoms with Gasteiger partial charge in [0.05, 0.1) is 12.7 Å². The van der Waals surface area contributed by atoms with Crippen LogP contribution in [-0.2, 0) is 6.61 Å². The van der Waals surface area contributed by atoms with E-state index >= 15 is 0 Å². The number of methoxy groups -OCH3 is 1. The van der Waals surface area contributed by atoms with Crippen LogP contribution in [0.5, 0.6) is 11.6 Å². The van der Waals surface area contributed by atoms with Crippen LogP contribution in [-0.4, -0.2) is 12.1 Å². The summed E-state index contributed by atoms with van der Waals surface area (Å²) in [6, 6.07) is 11.8. The maximum Gasteiger partial charge on any atom is 0.219 e. The largest absolute Gasteiger partial charge is 0.489 e. The molecule has 1 aromatic heterocycles. The number of pyridine rings is 1. The van der Waals surface area contributed by atoms with Gasteiger partial charge in [-0.2, -0.15) is 0 Å². The van der Waals surface area contributed by atoms with Crippen molar-refractivity contribution in [2.75, 3.05) is 7.11 Å². The minimum atomic E-state index is 0.459. The van der Waals surface area contributed by atoms with Crippen molar-refractivity contribution in [1.82, 2.24) is 4.98 Å². The summed E-state index contributed by atoms with van der Waals surface area (Å²) in [5.41, 5.74) is 2.12. The van der Waals surface area contributed by atoms with Crippen LogP contribution in [0.4, 0.5) is 0 Å². The number of aryl methyl sites for hydroxylation is 1. The van der Waals surface area contributed by atoms with Gasteiger partial charge in [0.25, 0.3) is 0 Å². The first-order valence-corrected chi connectivity index (χ1v) is 5.47. The number of rotatable bonds is 4. The van der Waals surface area contributed by atoms with Crippen molar-refractivity contribution in [3.8, 4) is 11.6 Å². The minimum Gasteiger partial charge on any atom is -0.489 e. The monoisotopic (exact) mass is 229 g/mol. The summed E-state index contributed by atoms with van der Waals surface area (Å²) in [5, 5.41) is 0. The zero-order chi connectivity index (χ0) is 12.1. The van der Waals surface area contributed by atoms with Crippen LogP contribution in [0.3, 0.4) is 0 Å². The zero-order valence-corrected chi connectivity index (χ0v) is 10.0. The SMILES string of the molecule is COc1ncccc1COc1cccc(C)c1. The van der Waals surface area contributed by atoms with Crippen LogP contribution in [0.15, 0.2) is 42.6 Å². The maximum absolute atomic E-state index is 5.70. The molecule has 88 valence electrons. The summed E-state index contributed by atoms with van der Waals surface area (Å²) in [7, 11) is 1.61. The molecule has 0 aliphatic rings. The lowest BCUT2D eigenvalue weighted by Gasteiger charge is -2.09. The van der Waals surface area contributed by atoms with Gasteiger partial charge in [0, 0.05) is 6.20 Å². The fraction of sp³-hybridized carbons (Fsp3) is 0.214. The molecule has 1 heterocycles. The highest BCUT2D eigenvalue weighted by Gasteiger charge is 2.03. The smallest absolute Gasteiger partial charge is 0.219 e. The van der Waals surface area contributed by atoms with Gasteiger partial charge >= 0.3 is 0 Å². The fourth-order valence-electron chi connectivity index (χ4n) is 1.58. The number of ether oxygens (including phenoxy) is 2. The van der Waals surface area contributed by atoms with Crippen LogP contribution in [0.1, 0.15) is 11.1 Å². The number of benzene rings is 1.